The van der Waals surface area contributed by atoms with E-state index in [0.717, 1.165) is 17.0 Å². The number of benzene rings is 2. The maximum absolute atomic E-state index is 10.9. The highest BCUT2D eigenvalue weighted by molar-refractivity contribution is 5.90. The Morgan fingerprint density at radius 2 is 1.90 bits per heavy atom. The third-order valence-electron chi connectivity index (χ3n) is 4.22. The summed E-state index contributed by atoms with van der Waals surface area (Å²) in [6.45, 7) is 0. The van der Waals surface area contributed by atoms with Crippen molar-refractivity contribution in [3.05, 3.63) is 72.2 Å². The minimum Gasteiger partial charge on any atom is -0.497 e. The van der Waals surface area contributed by atoms with Gasteiger partial charge in [-0.05, 0) is 42.0 Å². The molecule has 0 atom stereocenters. The summed E-state index contributed by atoms with van der Waals surface area (Å²) in [6, 6.07) is 13.9. The average Bonchev–Trinajstić information content (AvgIpc) is 3.19. The third-order valence-corrected chi connectivity index (χ3v) is 4.22. The summed E-state index contributed by atoms with van der Waals surface area (Å²) in [5.74, 6) is 0.296. The standard InChI is InChI=1S/C20H16N6O3/c1-29-16-8-6-15(7-9-16)26-19-17(11-24-26)18(21-12-22-19)25-23-10-13-2-4-14(5-3-13)20(27)28/h2-12H,1H3,(H,27,28)(H,21,22,25). The summed E-state index contributed by atoms with van der Waals surface area (Å²) in [6.07, 6.45) is 4.68. The van der Waals surface area contributed by atoms with E-state index in [2.05, 4.69) is 25.6 Å². The minimum absolute atomic E-state index is 0.221. The lowest BCUT2D eigenvalue weighted by Gasteiger charge is -2.05. The number of carbonyl (C=O) groups is 1. The molecule has 9 nitrogen and oxygen atoms in total. The predicted molar refractivity (Wildman–Crippen MR) is 108 cm³/mol. The summed E-state index contributed by atoms with van der Waals surface area (Å²) < 4.78 is 6.89. The molecular weight excluding hydrogens is 372 g/mol. The Kier molecular flexibility index (Phi) is 4.85. The number of carboxylic acids is 1. The van der Waals surface area contributed by atoms with E-state index in [9.17, 15) is 4.79 Å². The Labute approximate surface area is 165 Å². The van der Waals surface area contributed by atoms with E-state index in [0.29, 0.717) is 16.9 Å². The molecule has 0 saturated carbocycles. The normalized spacial score (nSPS) is 11.1. The van der Waals surface area contributed by atoms with Crippen LogP contribution in [-0.2, 0) is 0 Å². The first-order chi connectivity index (χ1) is 14.2. The molecule has 4 rings (SSSR count). The van der Waals surface area contributed by atoms with Crippen LogP contribution < -0.4 is 10.2 Å². The van der Waals surface area contributed by atoms with Crippen LogP contribution in [0, 0.1) is 0 Å². The maximum Gasteiger partial charge on any atom is 0.335 e. The second kappa shape index (κ2) is 7.77. The van der Waals surface area contributed by atoms with Crippen molar-refractivity contribution in [1.82, 2.24) is 19.7 Å². The van der Waals surface area contributed by atoms with Crippen LogP contribution in [0.4, 0.5) is 5.82 Å². The quantitative estimate of drug-likeness (QED) is 0.385. The van der Waals surface area contributed by atoms with Gasteiger partial charge in [-0.1, -0.05) is 12.1 Å². The molecule has 29 heavy (non-hydrogen) atoms. The van der Waals surface area contributed by atoms with Crippen molar-refractivity contribution in [2.75, 3.05) is 12.5 Å². The van der Waals surface area contributed by atoms with Gasteiger partial charge in [-0.25, -0.2) is 19.4 Å². The van der Waals surface area contributed by atoms with Gasteiger partial charge in [0.1, 0.15) is 12.1 Å². The highest BCUT2D eigenvalue weighted by Crippen LogP contribution is 2.22. The van der Waals surface area contributed by atoms with E-state index in [1.54, 1.807) is 36.3 Å². The molecule has 9 heteroatoms. The smallest absolute Gasteiger partial charge is 0.335 e. The van der Waals surface area contributed by atoms with Gasteiger partial charge in [0.15, 0.2) is 11.5 Å². The highest BCUT2D eigenvalue weighted by atomic mass is 16.5. The Morgan fingerprint density at radius 1 is 1.14 bits per heavy atom. The second-order valence-electron chi connectivity index (χ2n) is 6.01. The van der Waals surface area contributed by atoms with E-state index >= 15 is 0 Å². The molecule has 0 saturated heterocycles. The van der Waals surface area contributed by atoms with E-state index in [1.807, 2.05) is 24.3 Å². The number of hydrogen-bond acceptors (Lipinski definition) is 7. The zero-order valence-electron chi connectivity index (χ0n) is 15.4. The molecule has 0 aliphatic carbocycles. The van der Waals surface area contributed by atoms with Gasteiger partial charge in [-0.3, -0.25) is 5.43 Å². The molecule has 144 valence electrons. The van der Waals surface area contributed by atoms with Gasteiger partial charge in [0, 0.05) is 0 Å². The third kappa shape index (κ3) is 3.74. The summed E-state index contributed by atoms with van der Waals surface area (Å²) in [5, 5.41) is 18.2. The molecule has 0 spiro atoms. The fourth-order valence-electron chi connectivity index (χ4n) is 2.73. The first-order valence-electron chi connectivity index (χ1n) is 8.61. The topological polar surface area (TPSA) is 115 Å². The van der Waals surface area contributed by atoms with Gasteiger partial charge >= 0.3 is 5.97 Å². The van der Waals surface area contributed by atoms with Crippen molar-refractivity contribution >= 4 is 29.0 Å². The highest BCUT2D eigenvalue weighted by Gasteiger charge is 2.11. The molecule has 4 aromatic rings. The number of nitrogens with one attached hydrogen (secondary N) is 1. The van der Waals surface area contributed by atoms with E-state index in [1.165, 1.54) is 18.5 Å². The number of aromatic nitrogens is 4. The van der Waals surface area contributed by atoms with Crippen molar-refractivity contribution in [3.63, 3.8) is 0 Å². The molecule has 2 aromatic carbocycles. The second-order valence-corrected chi connectivity index (χ2v) is 6.01. The number of rotatable bonds is 6. The van der Waals surface area contributed by atoms with Crippen molar-refractivity contribution in [2.45, 2.75) is 0 Å². The van der Waals surface area contributed by atoms with Gasteiger partial charge in [-0.15, -0.1) is 0 Å². The van der Waals surface area contributed by atoms with Gasteiger partial charge in [-0.2, -0.15) is 10.2 Å². The van der Waals surface area contributed by atoms with Crippen LogP contribution >= 0.6 is 0 Å². The monoisotopic (exact) mass is 388 g/mol. The van der Waals surface area contributed by atoms with Gasteiger partial charge in [0.25, 0.3) is 0 Å². The van der Waals surface area contributed by atoms with Crippen LogP contribution in [0.3, 0.4) is 0 Å². The van der Waals surface area contributed by atoms with Gasteiger partial charge in [0.05, 0.1) is 36.2 Å². The number of methoxy groups -OCH3 is 1. The average molecular weight is 388 g/mol. The maximum atomic E-state index is 10.9. The Morgan fingerprint density at radius 3 is 2.59 bits per heavy atom. The molecule has 0 unspecified atom stereocenters. The number of hydrogen-bond donors (Lipinski definition) is 2. The molecule has 0 radical (unpaired) electrons. The van der Waals surface area contributed by atoms with E-state index < -0.39 is 5.97 Å². The molecule has 0 fully saturated rings. The molecule has 2 N–H and O–H groups in total. The number of aromatic carboxylic acids is 1. The van der Waals surface area contributed by atoms with Crippen LogP contribution in [-0.4, -0.2) is 44.1 Å². The Balaban J connectivity index is 1.56. The predicted octanol–water partition coefficient (Wildman–Crippen LogP) is 2.97. The molecule has 0 amide bonds. The number of carboxylic acid groups (broad SMARTS) is 1. The molecule has 0 aliphatic heterocycles. The Bertz CT molecular complexity index is 1180. The van der Waals surface area contributed by atoms with Crippen molar-refractivity contribution < 1.29 is 14.6 Å². The summed E-state index contributed by atoms with van der Waals surface area (Å²) in [7, 11) is 1.62. The van der Waals surface area contributed by atoms with E-state index in [4.69, 9.17) is 9.84 Å². The number of anilines is 1. The van der Waals surface area contributed by atoms with Crippen LogP contribution in [0.15, 0.2) is 66.2 Å². The fourth-order valence-corrected chi connectivity index (χ4v) is 2.73. The number of hydrazone groups is 1. The van der Waals surface area contributed by atoms with Crippen LogP contribution in [0.25, 0.3) is 16.7 Å². The number of nitrogens with zero attached hydrogens (tertiary/aromatic N) is 5. The van der Waals surface area contributed by atoms with Crippen molar-refractivity contribution in [2.24, 2.45) is 5.10 Å². The zero-order chi connectivity index (χ0) is 20.2. The van der Waals surface area contributed by atoms with Crippen LogP contribution in [0.1, 0.15) is 15.9 Å². The lowest BCUT2D eigenvalue weighted by Crippen LogP contribution is -2.00. The summed E-state index contributed by atoms with van der Waals surface area (Å²) in [4.78, 5) is 19.4. The first kappa shape index (κ1) is 18.1. The SMILES string of the molecule is COc1ccc(-n2ncc3c(NN=Cc4ccc(C(=O)O)cc4)ncnc32)cc1. The van der Waals surface area contributed by atoms with Crippen LogP contribution in [0.2, 0.25) is 0 Å². The Hall–Kier alpha value is -4.27. The lowest BCUT2D eigenvalue weighted by molar-refractivity contribution is 0.0697. The molecule has 2 heterocycles. The fraction of sp³-hybridized carbons (Fsp3) is 0.0500. The van der Waals surface area contributed by atoms with E-state index in [-0.39, 0.29) is 5.56 Å². The zero-order valence-corrected chi connectivity index (χ0v) is 15.4. The van der Waals surface area contributed by atoms with Crippen LogP contribution in [0.5, 0.6) is 5.75 Å². The minimum atomic E-state index is -0.969. The molecule has 2 aromatic heterocycles. The summed E-state index contributed by atoms with van der Waals surface area (Å²) >= 11 is 0. The molecule has 0 bridgehead atoms. The number of ether oxygens (including phenoxy) is 1. The summed E-state index contributed by atoms with van der Waals surface area (Å²) in [5.41, 5.74) is 5.33. The van der Waals surface area contributed by atoms with Gasteiger partial charge < -0.3 is 9.84 Å². The van der Waals surface area contributed by atoms with Crippen molar-refractivity contribution in [3.8, 4) is 11.4 Å². The largest absolute Gasteiger partial charge is 0.497 e. The van der Waals surface area contributed by atoms with Crippen molar-refractivity contribution in [1.29, 1.82) is 0 Å². The number of fused-ring (bicyclic) bond motifs is 1. The molecule has 0 aliphatic rings. The molecular formula is C20H16N6O3. The van der Waals surface area contributed by atoms with Gasteiger partial charge in [0.2, 0.25) is 0 Å². The first-order valence-corrected chi connectivity index (χ1v) is 8.61. The lowest BCUT2D eigenvalue weighted by atomic mass is 10.1.